The molecule has 0 fully saturated rings. The molecule has 0 aliphatic carbocycles. The van der Waals surface area contributed by atoms with Crippen molar-refractivity contribution >= 4 is 0 Å². The molecular weight excluding hydrogens is 340 g/mol. The molecule has 0 aromatic heterocycles. The molecule has 0 rings (SSSR count). The summed E-state index contributed by atoms with van der Waals surface area (Å²) < 4.78 is 62.8. The third-order valence-electron chi connectivity index (χ3n) is 2.88. The second-order valence-electron chi connectivity index (χ2n) is 5.99. The van der Waals surface area contributed by atoms with Crippen LogP contribution >= 0.6 is 0 Å². The molecule has 3 atom stereocenters. The molecule has 0 heterocycles. The highest BCUT2D eigenvalue weighted by Gasteiger charge is 1.99. The van der Waals surface area contributed by atoms with Crippen molar-refractivity contribution in [2.45, 2.75) is 99.9 Å². The van der Waals surface area contributed by atoms with Gasteiger partial charge in [-0.05, 0) is 52.3 Å². The maximum atomic E-state index is 7.21. The van der Waals surface area contributed by atoms with E-state index in [4.69, 9.17) is 27.2 Å². The highest BCUT2D eigenvalue weighted by molar-refractivity contribution is 4.48. The van der Waals surface area contributed by atoms with Crippen molar-refractivity contribution in [3.8, 4) is 0 Å². The van der Waals surface area contributed by atoms with Gasteiger partial charge in [-0.2, -0.15) is 0 Å². The second-order valence-corrected chi connectivity index (χ2v) is 5.99. The molecule has 0 amide bonds. The molecule has 27 heavy (non-hydrogen) atoms. The summed E-state index contributed by atoms with van der Waals surface area (Å²) in [5.41, 5.74) is 0. The molecule has 0 N–H and O–H groups in total. The van der Waals surface area contributed by atoms with E-state index in [9.17, 15) is 0 Å². The van der Waals surface area contributed by atoms with Crippen molar-refractivity contribution in [1.29, 1.82) is 0 Å². The molecule has 0 aliphatic heterocycles. The predicted octanol–water partition coefficient (Wildman–Crippen LogP) is 6.51. The van der Waals surface area contributed by atoms with Gasteiger partial charge in [0.25, 0.3) is 0 Å². The lowest BCUT2D eigenvalue weighted by molar-refractivity contribution is 0.0342. The molecule has 0 aliphatic rings. The Labute approximate surface area is 180 Å². The molecular formula is C23H52O4. The Hall–Kier alpha value is -0.160. The van der Waals surface area contributed by atoms with Gasteiger partial charge in [-0.1, -0.05) is 47.3 Å². The number of hydrogen-bond acceptors (Lipinski definition) is 4. The van der Waals surface area contributed by atoms with Gasteiger partial charge >= 0.3 is 0 Å². The van der Waals surface area contributed by atoms with Crippen LogP contribution in [0.5, 0.6) is 0 Å². The Morgan fingerprint density at radius 3 is 2.19 bits per heavy atom. The summed E-state index contributed by atoms with van der Waals surface area (Å²) in [5, 5.41) is 0. The van der Waals surface area contributed by atoms with Gasteiger partial charge in [-0.3, -0.25) is 0 Å². The van der Waals surface area contributed by atoms with Crippen LogP contribution in [0, 0.1) is 5.92 Å². The fourth-order valence-electron chi connectivity index (χ4n) is 1.55. The van der Waals surface area contributed by atoms with Gasteiger partial charge in [-0.15, -0.1) is 0 Å². The molecule has 3 unspecified atom stereocenters. The lowest BCUT2D eigenvalue weighted by Gasteiger charge is -2.11. The molecule has 0 aromatic rings. The lowest BCUT2D eigenvalue weighted by atomic mass is 10.2. The first-order valence-electron chi connectivity index (χ1n) is 14.3. The number of rotatable bonds is 16. The topological polar surface area (TPSA) is 36.9 Å². The zero-order valence-corrected chi connectivity index (χ0v) is 18.4. The summed E-state index contributed by atoms with van der Waals surface area (Å²) >= 11 is 0. The zero-order chi connectivity index (χ0) is 25.6. The van der Waals surface area contributed by atoms with Crippen LogP contribution in [0.1, 0.15) is 102 Å². The Kier molecular flexibility index (Phi) is 22.8. The molecule has 0 aromatic carbocycles. The maximum absolute atomic E-state index is 7.21. The van der Waals surface area contributed by atoms with Gasteiger partial charge in [-0.25, -0.2) is 0 Å². The Morgan fingerprint density at radius 1 is 0.815 bits per heavy atom. The summed E-state index contributed by atoms with van der Waals surface area (Å²) in [7, 11) is 0. The van der Waals surface area contributed by atoms with E-state index in [-0.39, 0.29) is 26.3 Å². The van der Waals surface area contributed by atoms with Gasteiger partial charge in [0, 0.05) is 54.5 Å². The minimum Gasteiger partial charge on any atom is -0.382 e. The normalized spacial score (nSPS) is 16.6. The minimum atomic E-state index is -0.208. The minimum absolute atomic E-state index is 0.0156. The van der Waals surface area contributed by atoms with Gasteiger partial charge < -0.3 is 18.9 Å². The van der Waals surface area contributed by atoms with Crippen LogP contribution in [0.3, 0.4) is 0 Å². The SMILES string of the molecule is [2H]CC([2H])CCCOCC.[2H]CCCOC(C[2H])CCOCC.[2H]CCCOCC(C)C[2H]. The average molecular weight is 399 g/mol. The van der Waals surface area contributed by atoms with Crippen LogP contribution in [-0.4, -0.2) is 52.4 Å². The molecule has 0 spiro atoms. The monoisotopic (exact) mass is 398 g/mol. The summed E-state index contributed by atoms with van der Waals surface area (Å²) in [6.07, 6.45) is 3.84. The van der Waals surface area contributed by atoms with E-state index < -0.39 is 0 Å². The predicted molar refractivity (Wildman–Crippen MR) is 119 cm³/mol. The Morgan fingerprint density at radius 2 is 1.56 bits per heavy atom. The number of ether oxygens (including phenoxy) is 4. The molecule has 0 saturated carbocycles. The summed E-state index contributed by atoms with van der Waals surface area (Å²) in [6.45, 7) is 12.5. The van der Waals surface area contributed by atoms with Crippen molar-refractivity contribution in [3.63, 3.8) is 0 Å². The molecule has 0 bridgehead atoms. The molecule has 4 heteroatoms. The van der Waals surface area contributed by atoms with Crippen molar-refractivity contribution in [1.82, 2.24) is 0 Å². The highest BCUT2D eigenvalue weighted by atomic mass is 16.5. The van der Waals surface area contributed by atoms with Crippen LogP contribution < -0.4 is 0 Å². The van der Waals surface area contributed by atoms with Crippen LogP contribution in [0.2, 0.25) is 0 Å². The molecule has 0 saturated heterocycles. The highest BCUT2D eigenvalue weighted by Crippen LogP contribution is 1.98. The van der Waals surface area contributed by atoms with E-state index >= 15 is 0 Å². The van der Waals surface area contributed by atoms with E-state index in [1.165, 1.54) is 0 Å². The van der Waals surface area contributed by atoms with Crippen molar-refractivity contribution < 1.29 is 27.2 Å². The first kappa shape index (κ1) is 20.1. The van der Waals surface area contributed by atoms with E-state index in [1.54, 1.807) is 0 Å². The summed E-state index contributed by atoms with van der Waals surface area (Å²) in [6, 6.07) is 0. The van der Waals surface area contributed by atoms with E-state index in [0.29, 0.717) is 53.0 Å². The first-order chi connectivity index (χ1) is 16.0. The fourth-order valence-corrected chi connectivity index (χ4v) is 1.55. The van der Waals surface area contributed by atoms with Crippen LogP contribution in [0.25, 0.3) is 0 Å². The fraction of sp³-hybridized carbons (Fsp3) is 1.00. The van der Waals surface area contributed by atoms with Crippen molar-refractivity contribution in [2.24, 2.45) is 5.92 Å². The zero-order valence-electron chi connectivity index (χ0n) is 24.4. The molecule has 0 radical (unpaired) electrons. The largest absolute Gasteiger partial charge is 0.382 e. The van der Waals surface area contributed by atoms with E-state index in [1.807, 2.05) is 20.8 Å². The van der Waals surface area contributed by atoms with Gasteiger partial charge in [0.1, 0.15) is 0 Å². The third-order valence-corrected chi connectivity index (χ3v) is 2.88. The smallest absolute Gasteiger partial charge is 0.0568 e. The van der Waals surface area contributed by atoms with E-state index in [0.717, 1.165) is 51.9 Å². The number of hydrogen-bond donors (Lipinski definition) is 0. The van der Waals surface area contributed by atoms with Crippen LogP contribution in [-0.2, 0) is 18.9 Å². The first-order valence-corrected chi connectivity index (χ1v) is 10.2. The Balaban J connectivity index is -0.000000415. The maximum Gasteiger partial charge on any atom is 0.0568 e. The lowest BCUT2D eigenvalue weighted by Crippen LogP contribution is -2.12. The summed E-state index contributed by atoms with van der Waals surface area (Å²) in [4.78, 5) is 0. The third kappa shape index (κ3) is 41.4. The summed E-state index contributed by atoms with van der Waals surface area (Å²) in [5.74, 6) is 0.339. The van der Waals surface area contributed by atoms with E-state index in [2.05, 4.69) is 0 Å². The van der Waals surface area contributed by atoms with Gasteiger partial charge in [0.2, 0.25) is 0 Å². The molecule has 168 valence electrons. The van der Waals surface area contributed by atoms with Crippen molar-refractivity contribution in [3.05, 3.63) is 0 Å². The van der Waals surface area contributed by atoms with Crippen LogP contribution in [0.4, 0.5) is 0 Å². The average Bonchev–Trinajstić information content (AvgIpc) is 2.84. The molecule has 4 nitrogen and oxygen atoms in total. The van der Waals surface area contributed by atoms with Crippen LogP contribution in [0.15, 0.2) is 0 Å². The quantitative estimate of drug-likeness (QED) is 0.278. The second kappa shape index (κ2) is 30.6. The Bertz CT molecular complexity index is 305. The van der Waals surface area contributed by atoms with Gasteiger partial charge in [0.05, 0.1) is 6.10 Å². The van der Waals surface area contributed by atoms with Gasteiger partial charge in [0.15, 0.2) is 0 Å². The standard InChI is InChI=1S/C9H20O2.2C7H16O/c1-4-7-11-9(3)6-8-10-5-2;1-4-5-8-6-7(2)3;1-3-5-6-7-8-4-2/h9H,4-8H2,1-3H3;7H,4-6H2,1-3H3;3-7H2,1-2H3/i1D,3D;1D,2D;1D,3D. The van der Waals surface area contributed by atoms with Crippen molar-refractivity contribution in [2.75, 3.05) is 46.2 Å².